The van der Waals surface area contributed by atoms with E-state index in [0.29, 0.717) is 30.0 Å². The van der Waals surface area contributed by atoms with Gasteiger partial charge in [-0.05, 0) is 66.6 Å². The van der Waals surface area contributed by atoms with Gasteiger partial charge in [-0.15, -0.1) is 11.8 Å². The summed E-state index contributed by atoms with van der Waals surface area (Å²) in [4.78, 5) is 28.1. The van der Waals surface area contributed by atoms with Crippen LogP contribution in [-0.2, 0) is 11.2 Å². The van der Waals surface area contributed by atoms with Gasteiger partial charge in [0.25, 0.3) is 5.91 Å². The minimum absolute atomic E-state index is 0.0151. The molecule has 0 fully saturated rings. The lowest BCUT2D eigenvalue weighted by molar-refractivity contribution is -0.115. The molecule has 158 valence electrons. The lowest BCUT2D eigenvalue weighted by atomic mass is 10.1. The smallest absolute Gasteiger partial charge is 0.258 e. The van der Waals surface area contributed by atoms with E-state index in [1.54, 1.807) is 43.1 Å². The van der Waals surface area contributed by atoms with Crippen LogP contribution in [-0.4, -0.2) is 31.2 Å². The number of methoxy groups -OCH3 is 1. The number of carbonyl (C=O) groups is 2. The van der Waals surface area contributed by atoms with Crippen molar-refractivity contribution in [1.82, 2.24) is 0 Å². The van der Waals surface area contributed by atoms with E-state index in [1.165, 1.54) is 5.56 Å². The number of fused-ring (bicyclic) bond motifs is 1. The minimum Gasteiger partial charge on any atom is -0.497 e. The summed E-state index contributed by atoms with van der Waals surface area (Å²) in [5, 5.41) is 2.90. The first-order valence-electron chi connectivity index (χ1n) is 10.2. The number of hydrogen-bond acceptors (Lipinski definition) is 4. The van der Waals surface area contributed by atoms with Crippen molar-refractivity contribution in [2.24, 2.45) is 0 Å². The summed E-state index contributed by atoms with van der Waals surface area (Å²) >= 11 is 1.63. The van der Waals surface area contributed by atoms with E-state index in [-0.39, 0.29) is 11.8 Å². The Morgan fingerprint density at radius 3 is 2.48 bits per heavy atom. The molecule has 0 bridgehead atoms. The number of thioether (sulfide) groups is 1. The van der Waals surface area contributed by atoms with Gasteiger partial charge >= 0.3 is 0 Å². The Kier molecular flexibility index (Phi) is 6.57. The molecule has 0 aliphatic carbocycles. The van der Waals surface area contributed by atoms with E-state index in [9.17, 15) is 9.59 Å². The molecule has 1 N–H and O–H groups in total. The lowest BCUT2D eigenvalue weighted by Crippen LogP contribution is -2.28. The van der Waals surface area contributed by atoms with Gasteiger partial charge in [-0.3, -0.25) is 9.59 Å². The number of rotatable bonds is 7. The van der Waals surface area contributed by atoms with Crippen LogP contribution < -0.4 is 15.0 Å². The molecule has 1 aliphatic rings. The normalized spacial score (nSPS) is 12.4. The van der Waals surface area contributed by atoms with Gasteiger partial charge in [-0.2, -0.15) is 0 Å². The van der Waals surface area contributed by atoms with Crippen LogP contribution in [0.2, 0.25) is 0 Å². The second kappa shape index (κ2) is 9.71. The maximum absolute atomic E-state index is 12.9. The molecule has 0 radical (unpaired) electrons. The Morgan fingerprint density at radius 1 is 1.00 bits per heavy atom. The lowest BCUT2D eigenvalue weighted by Gasteiger charge is -2.17. The van der Waals surface area contributed by atoms with Crippen LogP contribution in [0.3, 0.4) is 0 Å². The maximum atomic E-state index is 12.9. The molecule has 0 saturated heterocycles. The summed E-state index contributed by atoms with van der Waals surface area (Å²) in [7, 11) is 1.64. The second-order valence-electron chi connectivity index (χ2n) is 7.24. The number of ether oxygens (including phenoxy) is 1. The summed E-state index contributed by atoms with van der Waals surface area (Å²) in [5.41, 5.74) is 3.49. The third-order valence-corrected chi connectivity index (χ3v) is 6.22. The number of para-hydroxylation sites is 1. The zero-order chi connectivity index (χ0) is 21.6. The molecule has 1 aliphatic heterocycles. The summed E-state index contributed by atoms with van der Waals surface area (Å²) in [6.45, 7) is 0.697. The molecule has 31 heavy (non-hydrogen) atoms. The van der Waals surface area contributed by atoms with Crippen LogP contribution in [0.5, 0.6) is 5.75 Å². The Hall–Kier alpha value is -3.25. The number of benzene rings is 3. The highest BCUT2D eigenvalue weighted by Crippen LogP contribution is 2.29. The highest BCUT2D eigenvalue weighted by Gasteiger charge is 2.24. The van der Waals surface area contributed by atoms with Crippen molar-refractivity contribution in [2.45, 2.75) is 17.7 Å². The number of nitrogens with zero attached hydrogens (tertiary/aromatic N) is 1. The fourth-order valence-electron chi connectivity index (χ4n) is 3.56. The predicted molar refractivity (Wildman–Crippen MR) is 125 cm³/mol. The summed E-state index contributed by atoms with van der Waals surface area (Å²) in [6.07, 6.45) is 1.28. The van der Waals surface area contributed by atoms with Gasteiger partial charge < -0.3 is 15.0 Å². The standard InChI is InChI=1S/C25H24N2O3S/c1-30-21-10-12-22(13-11-21)31-17-15-24(28)26-20-8-6-19(7-9-20)25(29)27-16-14-18-4-2-3-5-23(18)27/h2-13H,14-17H2,1H3,(H,26,28). The number of amides is 2. The average molecular weight is 433 g/mol. The molecule has 2 amide bonds. The fraction of sp³-hybridized carbons (Fsp3) is 0.200. The summed E-state index contributed by atoms with van der Waals surface area (Å²) in [5.74, 6) is 1.44. The van der Waals surface area contributed by atoms with Crippen molar-refractivity contribution in [3.05, 3.63) is 83.9 Å². The van der Waals surface area contributed by atoms with E-state index >= 15 is 0 Å². The zero-order valence-corrected chi connectivity index (χ0v) is 18.2. The van der Waals surface area contributed by atoms with E-state index < -0.39 is 0 Å². The van der Waals surface area contributed by atoms with E-state index in [2.05, 4.69) is 11.4 Å². The molecule has 3 aromatic rings. The highest BCUT2D eigenvalue weighted by atomic mass is 32.2. The maximum Gasteiger partial charge on any atom is 0.258 e. The largest absolute Gasteiger partial charge is 0.497 e. The summed E-state index contributed by atoms with van der Waals surface area (Å²) < 4.78 is 5.15. The van der Waals surface area contributed by atoms with Gasteiger partial charge in [0.05, 0.1) is 7.11 Å². The fourth-order valence-corrected chi connectivity index (χ4v) is 4.41. The minimum atomic E-state index is -0.0476. The first-order valence-corrected chi connectivity index (χ1v) is 11.2. The molecular formula is C25H24N2O3S. The molecule has 3 aromatic carbocycles. The van der Waals surface area contributed by atoms with E-state index in [4.69, 9.17) is 4.74 Å². The molecule has 0 unspecified atom stereocenters. The second-order valence-corrected chi connectivity index (χ2v) is 8.40. The molecule has 4 rings (SSSR count). The van der Waals surface area contributed by atoms with Crippen molar-refractivity contribution in [3.63, 3.8) is 0 Å². The van der Waals surface area contributed by atoms with Crippen LogP contribution in [0.25, 0.3) is 0 Å². The van der Waals surface area contributed by atoms with Crippen LogP contribution in [0.15, 0.2) is 77.7 Å². The van der Waals surface area contributed by atoms with E-state index in [0.717, 1.165) is 22.8 Å². The van der Waals surface area contributed by atoms with E-state index in [1.807, 2.05) is 47.4 Å². The quantitative estimate of drug-likeness (QED) is 0.533. The van der Waals surface area contributed by atoms with Crippen LogP contribution in [0.1, 0.15) is 22.3 Å². The SMILES string of the molecule is COc1ccc(SCCC(=O)Nc2ccc(C(=O)N3CCc4ccccc43)cc2)cc1. The van der Waals surface area contributed by atoms with Crippen LogP contribution >= 0.6 is 11.8 Å². The van der Waals surface area contributed by atoms with Crippen LogP contribution in [0, 0.1) is 0 Å². The number of anilines is 2. The number of nitrogens with one attached hydrogen (secondary N) is 1. The van der Waals surface area contributed by atoms with Crippen LogP contribution in [0.4, 0.5) is 11.4 Å². The van der Waals surface area contributed by atoms with Crippen molar-refractivity contribution < 1.29 is 14.3 Å². The topological polar surface area (TPSA) is 58.6 Å². The van der Waals surface area contributed by atoms with Crippen molar-refractivity contribution in [2.75, 3.05) is 29.6 Å². The number of carbonyl (C=O) groups excluding carboxylic acids is 2. The van der Waals surface area contributed by atoms with Gasteiger partial charge in [0, 0.05) is 40.6 Å². The first kappa shape index (κ1) is 21.0. The van der Waals surface area contributed by atoms with Gasteiger partial charge in [-0.1, -0.05) is 18.2 Å². The van der Waals surface area contributed by atoms with Gasteiger partial charge in [-0.25, -0.2) is 0 Å². The number of hydrogen-bond donors (Lipinski definition) is 1. The van der Waals surface area contributed by atoms with Crippen molar-refractivity contribution in [1.29, 1.82) is 0 Å². The van der Waals surface area contributed by atoms with Gasteiger partial charge in [0.15, 0.2) is 0 Å². The molecule has 5 nitrogen and oxygen atoms in total. The average Bonchev–Trinajstić information content (AvgIpc) is 3.24. The molecule has 0 aromatic heterocycles. The molecule has 0 saturated carbocycles. The Bertz CT molecular complexity index is 1060. The van der Waals surface area contributed by atoms with Gasteiger partial charge in [0.1, 0.15) is 5.75 Å². The Morgan fingerprint density at radius 2 is 1.74 bits per heavy atom. The molecule has 6 heteroatoms. The zero-order valence-electron chi connectivity index (χ0n) is 17.3. The van der Waals surface area contributed by atoms with Crippen molar-refractivity contribution >= 4 is 35.0 Å². The Labute approximate surface area is 186 Å². The third kappa shape index (κ3) is 5.09. The van der Waals surface area contributed by atoms with Crippen molar-refractivity contribution in [3.8, 4) is 5.75 Å². The molecular weight excluding hydrogens is 408 g/mol. The first-order chi connectivity index (χ1) is 15.1. The molecule has 0 spiro atoms. The molecule has 0 atom stereocenters. The third-order valence-electron chi connectivity index (χ3n) is 5.21. The van der Waals surface area contributed by atoms with Gasteiger partial charge in [0.2, 0.25) is 5.91 Å². The predicted octanol–water partition coefficient (Wildman–Crippen LogP) is 5.02. The summed E-state index contributed by atoms with van der Waals surface area (Å²) in [6, 6.07) is 22.9. The highest BCUT2D eigenvalue weighted by molar-refractivity contribution is 7.99. The molecule has 1 heterocycles. The Balaban J connectivity index is 1.28. The monoisotopic (exact) mass is 432 g/mol.